The molecule has 0 bridgehead atoms. The number of amides is 1. The third-order valence-corrected chi connectivity index (χ3v) is 6.18. The molecule has 0 aromatic rings. The average molecular weight is 382 g/mol. The molecule has 160 valence electrons. The minimum absolute atomic E-state index is 0.326. The zero-order valence-corrected chi connectivity index (χ0v) is 18.8. The Kier molecular flexibility index (Phi) is 13.9. The van der Waals surface area contributed by atoms with Crippen LogP contribution >= 0.6 is 0 Å². The molecule has 0 aromatic heterocycles. The van der Waals surface area contributed by atoms with Crippen LogP contribution in [0, 0.1) is 0 Å². The van der Waals surface area contributed by atoms with Gasteiger partial charge in [0.2, 0.25) is 5.91 Å². The summed E-state index contributed by atoms with van der Waals surface area (Å²) in [6, 6.07) is 0.438. The van der Waals surface area contributed by atoms with Crippen LogP contribution in [0.2, 0.25) is 0 Å². The van der Waals surface area contributed by atoms with Crippen LogP contribution in [0.4, 0.5) is 0 Å². The van der Waals surface area contributed by atoms with Crippen molar-refractivity contribution in [2.45, 2.75) is 96.9 Å². The fraction of sp³-hybridized carbons (Fsp3) is 0.957. The molecule has 4 heteroatoms. The van der Waals surface area contributed by atoms with Gasteiger partial charge in [-0.1, -0.05) is 78.1 Å². The normalized spacial score (nSPS) is 16.2. The standard InChI is InChI=1S/C23H47N3O/c1-5-7-9-11-13-15-22(16-14-12-10-8-6-2)25(4)23(27)21-26-19-17-24(3)18-20-26/h22H,5-21H2,1-4H3. The highest BCUT2D eigenvalue weighted by Crippen LogP contribution is 2.18. The molecule has 0 aliphatic carbocycles. The summed E-state index contributed by atoms with van der Waals surface area (Å²) in [4.78, 5) is 19.6. The third kappa shape index (κ3) is 11.1. The van der Waals surface area contributed by atoms with E-state index in [1.165, 1.54) is 77.0 Å². The van der Waals surface area contributed by atoms with Gasteiger partial charge in [0.1, 0.15) is 0 Å². The molecule has 1 amide bonds. The van der Waals surface area contributed by atoms with Gasteiger partial charge >= 0.3 is 0 Å². The van der Waals surface area contributed by atoms with Crippen LogP contribution in [-0.2, 0) is 4.79 Å². The van der Waals surface area contributed by atoms with Gasteiger partial charge in [-0.25, -0.2) is 0 Å². The number of hydrogen-bond acceptors (Lipinski definition) is 3. The number of piperazine rings is 1. The van der Waals surface area contributed by atoms with Crippen LogP contribution in [0.25, 0.3) is 0 Å². The lowest BCUT2D eigenvalue weighted by Gasteiger charge is -2.35. The van der Waals surface area contributed by atoms with Gasteiger partial charge in [0.25, 0.3) is 0 Å². The number of likely N-dealkylation sites (N-methyl/N-ethyl adjacent to an activating group) is 2. The summed E-state index contributed by atoms with van der Waals surface area (Å²) in [5, 5.41) is 0. The highest BCUT2D eigenvalue weighted by molar-refractivity contribution is 5.78. The van der Waals surface area contributed by atoms with E-state index in [9.17, 15) is 4.79 Å². The maximum Gasteiger partial charge on any atom is 0.236 e. The number of carbonyl (C=O) groups is 1. The fourth-order valence-electron chi connectivity index (χ4n) is 4.01. The lowest BCUT2D eigenvalue weighted by molar-refractivity contribution is -0.134. The van der Waals surface area contributed by atoms with E-state index in [0.717, 1.165) is 26.2 Å². The van der Waals surface area contributed by atoms with Gasteiger partial charge in [-0.2, -0.15) is 0 Å². The van der Waals surface area contributed by atoms with E-state index in [1.807, 2.05) is 0 Å². The molecule has 0 unspecified atom stereocenters. The van der Waals surface area contributed by atoms with Gasteiger partial charge in [-0.05, 0) is 19.9 Å². The monoisotopic (exact) mass is 381 g/mol. The third-order valence-electron chi connectivity index (χ3n) is 6.18. The highest BCUT2D eigenvalue weighted by atomic mass is 16.2. The first-order valence-corrected chi connectivity index (χ1v) is 11.7. The molecule has 4 nitrogen and oxygen atoms in total. The van der Waals surface area contributed by atoms with Crippen LogP contribution in [0.3, 0.4) is 0 Å². The molecule has 0 N–H and O–H groups in total. The Morgan fingerprint density at radius 1 is 0.815 bits per heavy atom. The second-order valence-corrected chi connectivity index (χ2v) is 8.64. The van der Waals surface area contributed by atoms with Crippen LogP contribution in [0.15, 0.2) is 0 Å². The molecule has 1 fully saturated rings. The van der Waals surface area contributed by atoms with Crippen molar-refractivity contribution >= 4 is 5.91 Å². The summed E-state index contributed by atoms with van der Waals surface area (Å²) in [6.45, 7) is 9.34. The topological polar surface area (TPSA) is 26.8 Å². The van der Waals surface area contributed by atoms with Gasteiger partial charge in [0.15, 0.2) is 0 Å². The molecule has 0 spiro atoms. The highest BCUT2D eigenvalue weighted by Gasteiger charge is 2.23. The van der Waals surface area contributed by atoms with Crippen molar-refractivity contribution in [2.75, 3.05) is 46.8 Å². The fourth-order valence-corrected chi connectivity index (χ4v) is 4.01. The van der Waals surface area contributed by atoms with Crippen molar-refractivity contribution in [1.82, 2.24) is 14.7 Å². The first kappa shape index (κ1) is 24.4. The molecule has 1 rings (SSSR count). The van der Waals surface area contributed by atoms with Crippen molar-refractivity contribution in [3.8, 4) is 0 Å². The summed E-state index contributed by atoms with van der Waals surface area (Å²) in [5.41, 5.74) is 0. The van der Waals surface area contributed by atoms with Gasteiger partial charge in [0, 0.05) is 39.3 Å². The molecule has 27 heavy (non-hydrogen) atoms. The Morgan fingerprint density at radius 2 is 1.30 bits per heavy atom. The number of hydrogen-bond donors (Lipinski definition) is 0. The van der Waals surface area contributed by atoms with E-state index < -0.39 is 0 Å². The maximum absolute atomic E-state index is 12.9. The van der Waals surface area contributed by atoms with E-state index in [0.29, 0.717) is 18.5 Å². The van der Waals surface area contributed by atoms with Crippen LogP contribution in [0.1, 0.15) is 90.9 Å². The second-order valence-electron chi connectivity index (χ2n) is 8.64. The lowest BCUT2D eigenvalue weighted by Crippen LogP contribution is -2.49. The molecular formula is C23H47N3O. The molecule has 0 saturated carbocycles. The average Bonchev–Trinajstić information content (AvgIpc) is 2.67. The van der Waals surface area contributed by atoms with Crippen LogP contribution in [0.5, 0.6) is 0 Å². The Labute approximate surface area is 169 Å². The molecule has 0 atom stereocenters. The summed E-state index contributed by atoms with van der Waals surface area (Å²) < 4.78 is 0. The Balaban J connectivity index is 2.42. The number of rotatable bonds is 15. The van der Waals surface area contributed by atoms with Gasteiger partial charge < -0.3 is 9.80 Å². The predicted octanol–water partition coefficient (Wildman–Crippen LogP) is 4.78. The number of carbonyl (C=O) groups excluding carboxylic acids is 1. The van der Waals surface area contributed by atoms with Crippen molar-refractivity contribution < 1.29 is 4.79 Å². The minimum atomic E-state index is 0.326. The Hall–Kier alpha value is -0.610. The molecule has 1 saturated heterocycles. The minimum Gasteiger partial charge on any atom is -0.342 e. The SMILES string of the molecule is CCCCCCCC(CCCCCCC)N(C)C(=O)CN1CCN(C)CC1. The van der Waals surface area contributed by atoms with Crippen molar-refractivity contribution in [3.05, 3.63) is 0 Å². The van der Waals surface area contributed by atoms with E-state index in [1.54, 1.807) is 0 Å². The van der Waals surface area contributed by atoms with E-state index in [-0.39, 0.29) is 0 Å². The largest absolute Gasteiger partial charge is 0.342 e. The zero-order valence-electron chi connectivity index (χ0n) is 18.8. The predicted molar refractivity (Wildman–Crippen MR) is 117 cm³/mol. The molecule has 1 aliphatic rings. The van der Waals surface area contributed by atoms with Crippen molar-refractivity contribution in [2.24, 2.45) is 0 Å². The first-order chi connectivity index (χ1) is 13.1. The summed E-state index contributed by atoms with van der Waals surface area (Å²) in [5.74, 6) is 0.326. The van der Waals surface area contributed by atoms with Crippen molar-refractivity contribution in [1.29, 1.82) is 0 Å². The van der Waals surface area contributed by atoms with Gasteiger partial charge in [-0.15, -0.1) is 0 Å². The maximum atomic E-state index is 12.9. The molecule has 0 radical (unpaired) electrons. The van der Waals surface area contributed by atoms with E-state index in [4.69, 9.17) is 0 Å². The molecule has 1 aliphatic heterocycles. The zero-order chi connectivity index (χ0) is 19.9. The van der Waals surface area contributed by atoms with E-state index >= 15 is 0 Å². The van der Waals surface area contributed by atoms with Gasteiger partial charge in [0.05, 0.1) is 6.54 Å². The first-order valence-electron chi connectivity index (χ1n) is 11.7. The van der Waals surface area contributed by atoms with Crippen LogP contribution < -0.4 is 0 Å². The lowest BCUT2D eigenvalue weighted by atomic mass is 9.99. The smallest absolute Gasteiger partial charge is 0.236 e. The second kappa shape index (κ2) is 15.3. The van der Waals surface area contributed by atoms with Gasteiger partial charge in [-0.3, -0.25) is 9.69 Å². The summed E-state index contributed by atoms with van der Waals surface area (Å²) >= 11 is 0. The Morgan fingerprint density at radius 3 is 1.78 bits per heavy atom. The quantitative estimate of drug-likeness (QED) is 0.382. The van der Waals surface area contributed by atoms with Crippen LogP contribution in [-0.4, -0.2) is 73.5 Å². The summed E-state index contributed by atoms with van der Waals surface area (Å²) in [7, 11) is 4.22. The number of unbranched alkanes of at least 4 members (excludes halogenated alkanes) is 8. The Bertz CT molecular complexity index is 353. The molecule has 0 aromatic carbocycles. The molecular weight excluding hydrogens is 334 g/mol. The number of nitrogens with zero attached hydrogens (tertiary/aromatic N) is 3. The molecule has 1 heterocycles. The summed E-state index contributed by atoms with van der Waals surface area (Å²) in [6.07, 6.45) is 15.5. The van der Waals surface area contributed by atoms with Crippen molar-refractivity contribution in [3.63, 3.8) is 0 Å². The van der Waals surface area contributed by atoms with E-state index in [2.05, 4.69) is 42.6 Å².